The van der Waals surface area contributed by atoms with E-state index in [0.29, 0.717) is 5.57 Å². The SMILES string of the molecule is CC1=CN([C@@H]2O[C@H](COP(=O)(O)O)[C@@H](O)[C@H]2O)C(=O)CC1=O. The Morgan fingerprint density at radius 3 is 2.59 bits per heavy atom. The van der Waals surface area contributed by atoms with Crippen molar-refractivity contribution in [3.63, 3.8) is 0 Å². The smallest absolute Gasteiger partial charge is 0.387 e. The Bertz CT molecular complexity index is 556. The van der Waals surface area contributed by atoms with Crippen LogP contribution < -0.4 is 0 Å². The summed E-state index contributed by atoms with van der Waals surface area (Å²) in [5, 5.41) is 19.8. The summed E-state index contributed by atoms with van der Waals surface area (Å²) in [5.41, 5.74) is 0.291. The number of allylic oxidation sites excluding steroid dienone is 1. The van der Waals surface area contributed by atoms with E-state index in [0.717, 1.165) is 4.90 Å². The van der Waals surface area contributed by atoms with Gasteiger partial charge < -0.3 is 24.7 Å². The number of Topliss-reactive ketones (excluding diaryl/α,β-unsaturated/α-hetero) is 1. The highest BCUT2D eigenvalue weighted by molar-refractivity contribution is 7.46. The first-order valence-corrected chi connectivity index (χ1v) is 7.87. The fourth-order valence-electron chi connectivity index (χ4n) is 2.20. The van der Waals surface area contributed by atoms with Crippen LogP contribution >= 0.6 is 7.82 Å². The number of hydrogen-bond acceptors (Lipinski definition) is 7. The molecule has 11 heteroatoms. The van der Waals surface area contributed by atoms with E-state index < -0.39 is 44.9 Å². The third kappa shape index (κ3) is 3.61. The molecule has 2 aliphatic rings. The van der Waals surface area contributed by atoms with Gasteiger partial charge in [0.1, 0.15) is 18.3 Å². The Morgan fingerprint density at radius 2 is 2.00 bits per heavy atom. The van der Waals surface area contributed by atoms with Crippen molar-refractivity contribution >= 4 is 19.5 Å². The standard InChI is InChI=1S/C11H16NO9P/c1-5-3-12(8(14)2-6(5)13)11-10(16)9(15)7(21-11)4-20-22(17,18)19/h3,7,9-11,15-16H,2,4H2,1H3,(H2,17,18,19)/t7-,9-,10-,11-/m1/s1. The average molecular weight is 337 g/mol. The molecule has 22 heavy (non-hydrogen) atoms. The average Bonchev–Trinajstić information content (AvgIpc) is 2.68. The molecule has 2 aliphatic heterocycles. The molecule has 0 saturated carbocycles. The number of hydrogen-bond donors (Lipinski definition) is 4. The zero-order valence-corrected chi connectivity index (χ0v) is 12.4. The van der Waals surface area contributed by atoms with Gasteiger partial charge in [-0.25, -0.2) is 4.57 Å². The highest BCUT2D eigenvalue weighted by atomic mass is 31.2. The van der Waals surface area contributed by atoms with Crippen molar-refractivity contribution in [2.45, 2.75) is 37.9 Å². The van der Waals surface area contributed by atoms with Crippen molar-refractivity contribution in [1.29, 1.82) is 0 Å². The van der Waals surface area contributed by atoms with Crippen LogP contribution in [-0.2, 0) is 23.4 Å². The van der Waals surface area contributed by atoms with Crippen molar-refractivity contribution in [3.05, 3.63) is 11.8 Å². The minimum Gasteiger partial charge on any atom is -0.387 e. The Labute approximate surface area is 125 Å². The predicted octanol–water partition coefficient (Wildman–Crippen LogP) is -1.75. The van der Waals surface area contributed by atoms with Crippen LogP contribution in [0.25, 0.3) is 0 Å². The van der Waals surface area contributed by atoms with Gasteiger partial charge >= 0.3 is 7.82 Å². The van der Waals surface area contributed by atoms with Crippen LogP contribution in [0.2, 0.25) is 0 Å². The van der Waals surface area contributed by atoms with Crippen molar-refractivity contribution in [2.24, 2.45) is 0 Å². The highest BCUT2D eigenvalue weighted by Crippen LogP contribution is 2.37. The van der Waals surface area contributed by atoms with Gasteiger partial charge in [0.05, 0.1) is 13.0 Å². The molecular weight excluding hydrogens is 321 g/mol. The molecule has 0 aromatic rings. The molecule has 2 heterocycles. The second kappa shape index (κ2) is 6.17. The van der Waals surface area contributed by atoms with Gasteiger partial charge in [0, 0.05) is 11.8 Å². The molecule has 0 aromatic carbocycles. The Balaban J connectivity index is 2.11. The summed E-state index contributed by atoms with van der Waals surface area (Å²) in [6.45, 7) is 0.830. The summed E-state index contributed by atoms with van der Waals surface area (Å²) in [6, 6.07) is 0. The zero-order chi connectivity index (χ0) is 16.7. The zero-order valence-electron chi connectivity index (χ0n) is 11.5. The summed E-state index contributed by atoms with van der Waals surface area (Å²) in [5.74, 6) is -0.959. The van der Waals surface area contributed by atoms with E-state index in [9.17, 15) is 24.4 Å². The number of nitrogens with zero attached hydrogens (tertiary/aromatic N) is 1. The van der Waals surface area contributed by atoms with Crippen LogP contribution in [0, 0.1) is 0 Å². The lowest BCUT2D eigenvalue weighted by Crippen LogP contribution is -2.46. The first-order chi connectivity index (χ1) is 10.1. The number of ketones is 1. The van der Waals surface area contributed by atoms with Crippen LogP contribution in [0.1, 0.15) is 13.3 Å². The molecule has 4 N–H and O–H groups in total. The molecule has 0 unspecified atom stereocenters. The second-order valence-electron chi connectivity index (χ2n) is 5.05. The van der Waals surface area contributed by atoms with Crippen LogP contribution in [0.15, 0.2) is 11.8 Å². The number of ether oxygens (including phenoxy) is 1. The summed E-state index contributed by atoms with van der Waals surface area (Å²) >= 11 is 0. The van der Waals surface area contributed by atoms with Gasteiger partial charge in [0.15, 0.2) is 12.0 Å². The number of amides is 1. The van der Waals surface area contributed by atoms with Gasteiger partial charge in [-0.05, 0) is 6.92 Å². The molecule has 0 bridgehead atoms. The number of aliphatic hydroxyl groups excluding tert-OH is 2. The molecule has 0 aliphatic carbocycles. The van der Waals surface area contributed by atoms with E-state index in [4.69, 9.17) is 14.5 Å². The quantitative estimate of drug-likeness (QED) is 0.345. The molecule has 1 amide bonds. The van der Waals surface area contributed by atoms with Gasteiger partial charge in [-0.2, -0.15) is 0 Å². The molecule has 2 rings (SSSR count). The Morgan fingerprint density at radius 1 is 1.36 bits per heavy atom. The minimum atomic E-state index is -4.76. The molecule has 0 aromatic heterocycles. The van der Waals surface area contributed by atoms with Crippen LogP contribution in [-0.4, -0.2) is 67.7 Å². The monoisotopic (exact) mass is 337 g/mol. The number of carbonyl (C=O) groups excluding carboxylic acids is 2. The van der Waals surface area contributed by atoms with E-state index in [2.05, 4.69) is 4.52 Å². The van der Waals surface area contributed by atoms with Crippen LogP contribution in [0.3, 0.4) is 0 Å². The third-order valence-electron chi connectivity index (χ3n) is 3.39. The number of rotatable bonds is 4. The summed E-state index contributed by atoms with van der Waals surface area (Å²) in [7, 11) is -4.76. The second-order valence-corrected chi connectivity index (χ2v) is 6.29. The Hall–Kier alpha value is -1.13. The molecule has 124 valence electrons. The molecule has 1 saturated heterocycles. The van der Waals surface area contributed by atoms with Gasteiger partial charge in [-0.15, -0.1) is 0 Å². The Kier molecular flexibility index (Phi) is 4.83. The summed E-state index contributed by atoms with van der Waals surface area (Å²) in [6.07, 6.45) is -4.68. The largest absolute Gasteiger partial charge is 0.469 e. The fourth-order valence-corrected chi connectivity index (χ4v) is 2.54. The van der Waals surface area contributed by atoms with Crippen molar-refractivity contribution < 1.29 is 43.4 Å². The van der Waals surface area contributed by atoms with Crippen LogP contribution in [0.4, 0.5) is 0 Å². The van der Waals surface area contributed by atoms with Gasteiger partial charge in [0.2, 0.25) is 5.91 Å². The number of phosphoric ester groups is 1. The van der Waals surface area contributed by atoms with Crippen molar-refractivity contribution in [3.8, 4) is 0 Å². The van der Waals surface area contributed by atoms with E-state index in [-0.39, 0.29) is 12.2 Å². The number of carbonyl (C=O) groups is 2. The van der Waals surface area contributed by atoms with E-state index in [1.54, 1.807) is 0 Å². The molecule has 1 fully saturated rings. The van der Waals surface area contributed by atoms with Crippen molar-refractivity contribution in [2.75, 3.05) is 6.61 Å². The third-order valence-corrected chi connectivity index (χ3v) is 3.88. The topological polar surface area (TPSA) is 154 Å². The predicted molar refractivity (Wildman–Crippen MR) is 68.9 cm³/mol. The molecule has 4 atom stereocenters. The maximum absolute atomic E-state index is 11.8. The summed E-state index contributed by atoms with van der Waals surface area (Å²) in [4.78, 5) is 41.5. The van der Waals surface area contributed by atoms with E-state index in [1.165, 1.54) is 13.1 Å². The number of phosphoric acid groups is 1. The normalized spacial score (nSPS) is 33.3. The minimum absolute atomic E-state index is 0.291. The lowest BCUT2D eigenvalue weighted by Gasteiger charge is -2.30. The number of aliphatic hydroxyl groups is 2. The lowest BCUT2D eigenvalue weighted by atomic mass is 10.1. The van der Waals surface area contributed by atoms with Gasteiger partial charge in [-0.1, -0.05) is 0 Å². The maximum Gasteiger partial charge on any atom is 0.469 e. The van der Waals surface area contributed by atoms with E-state index >= 15 is 0 Å². The summed E-state index contributed by atoms with van der Waals surface area (Å²) < 4.78 is 20.1. The first kappa shape index (κ1) is 17.2. The highest BCUT2D eigenvalue weighted by Gasteiger charge is 2.48. The van der Waals surface area contributed by atoms with Gasteiger partial charge in [0.25, 0.3) is 0 Å². The van der Waals surface area contributed by atoms with E-state index in [1.807, 2.05) is 0 Å². The molecular formula is C11H16NO9P. The maximum atomic E-state index is 11.8. The van der Waals surface area contributed by atoms with Gasteiger partial charge in [-0.3, -0.25) is 19.0 Å². The first-order valence-electron chi connectivity index (χ1n) is 6.34. The van der Waals surface area contributed by atoms with Crippen LogP contribution in [0.5, 0.6) is 0 Å². The fraction of sp³-hybridized carbons (Fsp3) is 0.636. The molecule has 0 spiro atoms. The van der Waals surface area contributed by atoms with Crippen molar-refractivity contribution in [1.82, 2.24) is 4.90 Å². The molecule has 10 nitrogen and oxygen atoms in total. The lowest BCUT2D eigenvalue weighted by molar-refractivity contribution is -0.149. The molecule has 0 radical (unpaired) electrons.